The minimum Gasteiger partial charge on any atom is -0.507 e. The number of benzene rings is 2. The second-order valence-corrected chi connectivity index (χ2v) is 5.01. The summed E-state index contributed by atoms with van der Waals surface area (Å²) in [5.41, 5.74) is 1.92. The maximum Gasteiger partial charge on any atom is 0.215 e. The number of fused-ring (bicyclic) bond motifs is 1. The summed E-state index contributed by atoms with van der Waals surface area (Å²) in [7, 11) is 1.48. The van der Waals surface area contributed by atoms with Crippen LogP contribution in [0.5, 0.6) is 17.2 Å². The monoisotopic (exact) mass is 297 g/mol. The molecule has 2 aromatic rings. The number of hydrogen-bond acceptors (Lipinski definition) is 5. The molecule has 2 N–H and O–H groups in total. The van der Waals surface area contributed by atoms with Gasteiger partial charge < -0.3 is 14.9 Å². The van der Waals surface area contributed by atoms with Crippen molar-refractivity contribution in [2.24, 2.45) is 4.99 Å². The Hall–Kier alpha value is -2.82. The van der Waals surface area contributed by atoms with Gasteiger partial charge in [0.1, 0.15) is 11.5 Å². The quantitative estimate of drug-likeness (QED) is 0.852. The molecule has 0 atom stereocenters. The number of phenols is 2. The highest BCUT2D eigenvalue weighted by Gasteiger charge is 2.25. The molecule has 2 aromatic carbocycles. The second kappa shape index (κ2) is 5.52. The number of methoxy groups -OCH3 is 1. The zero-order valence-electron chi connectivity index (χ0n) is 12.0. The van der Waals surface area contributed by atoms with Crippen molar-refractivity contribution in [1.29, 1.82) is 0 Å². The summed E-state index contributed by atoms with van der Waals surface area (Å²) in [5.74, 6) is -0.111. The van der Waals surface area contributed by atoms with Gasteiger partial charge in [0.15, 0.2) is 11.5 Å². The summed E-state index contributed by atoms with van der Waals surface area (Å²) < 4.78 is 5.10. The Bertz CT molecular complexity index is 780. The summed E-state index contributed by atoms with van der Waals surface area (Å²) in [6.45, 7) is 0.482. The van der Waals surface area contributed by atoms with Crippen molar-refractivity contribution in [2.45, 2.75) is 6.42 Å². The van der Waals surface area contributed by atoms with Crippen molar-refractivity contribution < 1.29 is 19.7 Å². The average molecular weight is 297 g/mol. The molecule has 5 nitrogen and oxygen atoms in total. The Balaban J connectivity index is 2.08. The largest absolute Gasteiger partial charge is 0.507 e. The van der Waals surface area contributed by atoms with E-state index in [1.54, 1.807) is 24.3 Å². The van der Waals surface area contributed by atoms with Crippen molar-refractivity contribution >= 4 is 11.5 Å². The number of para-hydroxylation sites is 1. The molecule has 1 heterocycles. The van der Waals surface area contributed by atoms with Gasteiger partial charge in [-0.05, 0) is 36.2 Å². The number of carbonyl (C=O) groups excluding carboxylic acids is 1. The fourth-order valence-electron chi connectivity index (χ4n) is 2.56. The van der Waals surface area contributed by atoms with E-state index in [-0.39, 0.29) is 28.6 Å². The Labute approximate surface area is 127 Å². The zero-order valence-corrected chi connectivity index (χ0v) is 12.0. The molecule has 0 bridgehead atoms. The summed E-state index contributed by atoms with van der Waals surface area (Å²) in [5, 5.41) is 19.8. The highest BCUT2D eigenvalue weighted by Crippen LogP contribution is 2.32. The van der Waals surface area contributed by atoms with Gasteiger partial charge in [-0.15, -0.1) is 0 Å². The van der Waals surface area contributed by atoms with Crippen LogP contribution >= 0.6 is 0 Å². The molecule has 1 aliphatic rings. The van der Waals surface area contributed by atoms with Gasteiger partial charge in [0.25, 0.3) is 0 Å². The van der Waals surface area contributed by atoms with Crippen LogP contribution in [0.3, 0.4) is 0 Å². The number of ketones is 1. The summed E-state index contributed by atoms with van der Waals surface area (Å²) >= 11 is 0. The van der Waals surface area contributed by atoms with Crippen molar-refractivity contribution in [3.63, 3.8) is 0 Å². The third-order valence-corrected chi connectivity index (χ3v) is 3.67. The van der Waals surface area contributed by atoms with Crippen LogP contribution in [0.4, 0.5) is 0 Å². The third-order valence-electron chi connectivity index (χ3n) is 3.67. The topological polar surface area (TPSA) is 79.1 Å². The molecule has 0 fully saturated rings. The summed E-state index contributed by atoms with van der Waals surface area (Å²) in [6.07, 6.45) is 0.670. The lowest BCUT2D eigenvalue weighted by Crippen LogP contribution is -2.22. The molecule has 0 unspecified atom stereocenters. The molecular formula is C17H15NO4. The van der Waals surface area contributed by atoms with Gasteiger partial charge in [0.05, 0.1) is 12.7 Å². The Kier molecular flexibility index (Phi) is 3.55. The maximum absolute atomic E-state index is 12.6. The van der Waals surface area contributed by atoms with Crippen molar-refractivity contribution in [1.82, 2.24) is 0 Å². The Morgan fingerprint density at radius 3 is 2.68 bits per heavy atom. The Morgan fingerprint density at radius 1 is 1.18 bits per heavy atom. The number of carbonyl (C=O) groups is 1. The molecular weight excluding hydrogens is 282 g/mol. The van der Waals surface area contributed by atoms with Crippen molar-refractivity contribution in [3.05, 3.63) is 53.1 Å². The van der Waals surface area contributed by atoms with E-state index in [2.05, 4.69) is 4.99 Å². The first-order valence-corrected chi connectivity index (χ1v) is 6.89. The SMILES string of the molecule is COc1cc2c(cc1O)C(C(=O)c1ccccc1O)=NCC2. The van der Waals surface area contributed by atoms with E-state index in [9.17, 15) is 15.0 Å². The highest BCUT2D eigenvalue weighted by atomic mass is 16.5. The van der Waals surface area contributed by atoms with E-state index in [1.807, 2.05) is 0 Å². The summed E-state index contributed by atoms with van der Waals surface area (Å²) in [6, 6.07) is 9.56. The standard InChI is InChI=1S/C17H15NO4/c1-22-15-8-10-6-7-18-16(12(10)9-14(15)20)17(21)11-4-2-3-5-13(11)19/h2-5,8-9,19-20H,6-7H2,1H3. The molecule has 3 rings (SSSR count). The van der Waals surface area contributed by atoms with Crippen LogP contribution in [0.15, 0.2) is 41.4 Å². The molecule has 1 aliphatic heterocycles. The number of ether oxygens (including phenoxy) is 1. The van der Waals surface area contributed by atoms with Gasteiger partial charge in [0.2, 0.25) is 5.78 Å². The molecule has 0 saturated heterocycles. The molecule has 0 aliphatic carbocycles. The van der Waals surface area contributed by atoms with Crippen LogP contribution in [-0.2, 0) is 6.42 Å². The number of rotatable bonds is 3. The first kappa shape index (κ1) is 14.1. The zero-order chi connectivity index (χ0) is 15.7. The van der Waals surface area contributed by atoms with Crippen LogP contribution in [0.25, 0.3) is 0 Å². The normalized spacial score (nSPS) is 13.2. The predicted octanol–water partition coefficient (Wildman–Crippen LogP) is 2.33. The molecule has 0 aromatic heterocycles. The van der Waals surface area contributed by atoms with E-state index in [0.29, 0.717) is 24.3 Å². The van der Waals surface area contributed by atoms with Gasteiger partial charge >= 0.3 is 0 Å². The highest BCUT2D eigenvalue weighted by molar-refractivity contribution is 6.52. The number of hydrogen-bond donors (Lipinski definition) is 2. The van der Waals surface area contributed by atoms with Gasteiger partial charge in [0, 0.05) is 12.1 Å². The Morgan fingerprint density at radius 2 is 1.95 bits per heavy atom. The second-order valence-electron chi connectivity index (χ2n) is 5.01. The number of aromatic hydroxyl groups is 2. The van der Waals surface area contributed by atoms with Gasteiger partial charge in [-0.3, -0.25) is 9.79 Å². The third kappa shape index (κ3) is 2.30. The van der Waals surface area contributed by atoms with Gasteiger partial charge in [-0.2, -0.15) is 0 Å². The lowest BCUT2D eigenvalue weighted by atomic mass is 9.92. The minimum absolute atomic E-state index is 0.0408. The van der Waals surface area contributed by atoms with Gasteiger partial charge in [-0.25, -0.2) is 0 Å². The molecule has 0 amide bonds. The average Bonchev–Trinajstić information content (AvgIpc) is 2.53. The van der Waals surface area contributed by atoms with Gasteiger partial charge in [-0.1, -0.05) is 12.1 Å². The first-order valence-electron chi connectivity index (χ1n) is 6.89. The van der Waals surface area contributed by atoms with Crippen LogP contribution < -0.4 is 4.74 Å². The lowest BCUT2D eigenvalue weighted by Gasteiger charge is -2.18. The van der Waals surface area contributed by atoms with Crippen LogP contribution in [-0.4, -0.2) is 35.4 Å². The molecule has 5 heteroatoms. The van der Waals surface area contributed by atoms with E-state index in [1.165, 1.54) is 19.2 Å². The fourth-order valence-corrected chi connectivity index (χ4v) is 2.56. The maximum atomic E-state index is 12.6. The van der Waals surface area contributed by atoms with Crippen molar-refractivity contribution in [3.8, 4) is 17.2 Å². The molecule has 0 radical (unpaired) electrons. The lowest BCUT2D eigenvalue weighted by molar-refractivity contribution is 0.106. The summed E-state index contributed by atoms with van der Waals surface area (Å²) in [4.78, 5) is 16.9. The minimum atomic E-state index is -0.358. The number of phenolic OH excluding ortho intramolecular Hbond substituents is 2. The van der Waals surface area contributed by atoms with Crippen LogP contribution in [0, 0.1) is 0 Å². The van der Waals surface area contributed by atoms with Crippen LogP contribution in [0.1, 0.15) is 21.5 Å². The van der Waals surface area contributed by atoms with Crippen molar-refractivity contribution in [2.75, 3.05) is 13.7 Å². The number of nitrogens with zero attached hydrogens (tertiary/aromatic N) is 1. The smallest absolute Gasteiger partial charge is 0.215 e. The predicted molar refractivity (Wildman–Crippen MR) is 82.2 cm³/mol. The molecule has 112 valence electrons. The molecule has 0 saturated carbocycles. The van der Waals surface area contributed by atoms with Crippen LogP contribution in [0.2, 0.25) is 0 Å². The molecule has 0 spiro atoms. The van der Waals surface area contributed by atoms with E-state index >= 15 is 0 Å². The number of aliphatic imine (C=N–C) groups is 1. The van der Waals surface area contributed by atoms with E-state index in [4.69, 9.17) is 4.74 Å². The fraction of sp³-hybridized carbons (Fsp3) is 0.176. The van der Waals surface area contributed by atoms with E-state index in [0.717, 1.165) is 5.56 Å². The van der Waals surface area contributed by atoms with E-state index < -0.39 is 0 Å². The molecule has 22 heavy (non-hydrogen) atoms. The number of Topliss-reactive ketones (excluding diaryl/α,β-unsaturated/α-hetero) is 1. The first-order chi connectivity index (χ1) is 10.6.